The van der Waals surface area contributed by atoms with Crippen molar-refractivity contribution in [1.29, 1.82) is 5.26 Å². The van der Waals surface area contributed by atoms with Crippen molar-refractivity contribution in [2.45, 2.75) is 46.1 Å². The Kier molecular flexibility index (Phi) is 6.38. The minimum atomic E-state index is -0.321. The molecule has 1 fully saturated rings. The van der Waals surface area contributed by atoms with E-state index >= 15 is 0 Å². The first kappa shape index (κ1) is 24.4. The van der Waals surface area contributed by atoms with Crippen molar-refractivity contribution >= 4 is 17.2 Å². The van der Waals surface area contributed by atoms with Gasteiger partial charge in [0.05, 0.1) is 35.4 Å². The van der Waals surface area contributed by atoms with Crippen LogP contribution in [0.2, 0.25) is 0 Å². The maximum Gasteiger partial charge on any atom is 0.226 e. The topological polar surface area (TPSA) is 117 Å². The molecule has 0 bridgehead atoms. The van der Waals surface area contributed by atoms with E-state index < -0.39 is 0 Å². The van der Waals surface area contributed by atoms with Gasteiger partial charge in [-0.05, 0) is 45.2 Å². The molecular weight excluding hydrogens is 466 g/mol. The lowest BCUT2D eigenvalue weighted by Gasteiger charge is -2.41. The van der Waals surface area contributed by atoms with Gasteiger partial charge in [0.15, 0.2) is 0 Å². The van der Waals surface area contributed by atoms with Crippen molar-refractivity contribution in [3.05, 3.63) is 48.7 Å². The van der Waals surface area contributed by atoms with Crippen LogP contribution in [0.5, 0.6) is 0 Å². The summed E-state index contributed by atoms with van der Waals surface area (Å²) in [4.78, 5) is 24.8. The van der Waals surface area contributed by atoms with Crippen LogP contribution in [-0.2, 0) is 11.8 Å². The minimum absolute atomic E-state index is 0.136. The molecule has 190 valence electrons. The molecule has 0 aromatic carbocycles. The SMILES string of the molecule is CCC1(C(=O)NC(C)C)CCN(c2ccc(-c3nc(-c4cnn(C)c4)cn4ncc(C#N)c34)cn2)CC1. The summed E-state index contributed by atoms with van der Waals surface area (Å²) in [5.74, 6) is 1.02. The van der Waals surface area contributed by atoms with Crippen molar-refractivity contribution < 1.29 is 4.79 Å². The maximum atomic E-state index is 12.9. The van der Waals surface area contributed by atoms with Crippen molar-refractivity contribution in [1.82, 2.24) is 34.7 Å². The lowest BCUT2D eigenvalue weighted by Crippen LogP contribution is -2.50. The predicted octanol–water partition coefficient (Wildman–Crippen LogP) is 3.58. The number of aryl methyl sites for hydroxylation is 1. The lowest BCUT2D eigenvalue weighted by atomic mass is 9.75. The van der Waals surface area contributed by atoms with E-state index in [9.17, 15) is 10.1 Å². The first-order valence-electron chi connectivity index (χ1n) is 12.6. The van der Waals surface area contributed by atoms with Gasteiger partial charge in [-0.2, -0.15) is 15.5 Å². The number of nitrogens with zero attached hydrogens (tertiary/aromatic N) is 8. The molecule has 0 aliphatic carbocycles. The Labute approximate surface area is 216 Å². The standard InChI is InChI=1S/C27H31N9O/c1-5-27(26(37)32-18(2)3)8-10-35(11-9-27)23-7-6-19(13-29-23)24-25-20(12-28)14-31-36(25)17-22(33-24)21-15-30-34(4)16-21/h6-7,13-18H,5,8-11H2,1-4H3,(H,32,37). The second kappa shape index (κ2) is 9.65. The van der Waals surface area contributed by atoms with Gasteiger partial charge in [0.2, 0.25) is 5.91 Å². The van der Waals surface area contributed by atoms with E-state index in [2.05, 4.69) is 33.4 Å². The Hall–Kier alpha value is -4.26. The number of carbonyl (C=O) groups is 1. The number of aromatic nitrogens is 6. The predicted molar refractivity (Wildman–Crippen MR) is 141 cm³/mol. The number of nitrogens with one attached hydrogen (secondary N) is 1. The number of fused-ring (bicyclic) bond motifs is 1. The zero-order valence-corrected chi connectivity index (χ0v) is 21.6. The fraction of sp³-hybridized carbons (Fsp3) is 0.407. The van der Waals surface area contributed by atoms with Crippen LogP contribution >= 0.6 is 0 Å². The molecule has 1 aliphatic heterocycles. The van der Waals surface area contributed by atoms with Crippen LogP contribution < -0.4 is 10.2 Å². The van der Waals surface area contributed by atoms with Gasteiger partial charge < -0.3 is 10.2 Å². The highest BCUT2D eigenvalue weighted by atomic mass is 16.2. The van der Waals surface area contributed by atoms with E-state index in [1.165, 1.54) is 0 Å². The summed E-state index contributed by atoms with van der Waals surface area (Å²) in [5, 5.41) is 21.4. The van der Waals surface area contributed by atoms with Gasteiger partial charge >= 0.3 is 0 Å². The smallest absolute Gasteiger partial charge is 0.226 e. The second-order valence-corrected chi connectivity index (χ2v) is 9.99. The number of hydrogen-bond donors (Lipinski definition) is 1. The van der Waals surface area contributed by atoms with Crippen LogP contribution in [0.1, 0.15) is 45.6 Å². The van der Waals surface area contributed by atoms with Crippen LogP contribution in [0.15, 0.2) is 43.1 Å². The molecule has 1 amide bonds. The van der Waals surface area contributed by atoms with Crippen molar-refractivity contribution in [3.63, 3.8) is 0 Å². The molecule has 5 rings (SSSR count). The molecule has 1 saturated heterocycles. The molecule has 0 atom stereocenters. The quantitative estimate of drug-likeness (QED) is 0.433. The summed E-state index contributed by atoms with van der Waals surface area (Å²) >= 11 is 0. The largest absolute Gasteiger partial charge is 0.357 e. The van der Waals surface area contributed by atoms with E-state index in [4.69, 9.17) is 9.97 Å². The first-order chi connectivity index (χ1) is 17.8. The van der Waals surface area contributed by atoms with E-state index in [0.29, 0.717) is 22.5 Å². The Morgan fingerprint density at radius 2 is 1.92 bits per heavy atom. The van der Waals surface area contributed by atoms with E-state index in [-0.39, 0.29) is 17.4 Å². The molecule has 10 heteroatoms. The summed E-state index contributed by atoms with van der Waals surface area (Å²) in [6.45, 7) is 7.64. The minimum Gasteiger partial charge on any atom is -0.357 e. The highest BCUT2D eigenvalue weighted by molar-refractivity contribution is 5.84. The van der Waals surface area contributed by atoms with E-state index in [1.807, 2.05) is 45.4 Å². The Morgan fingerprint density at radius 1 is 1.14 bits per heavy atom. The number of pyridine rings is 1. The number of carbonyl (C=O) groups excluding carboxylic acids is 1. The molecule has 1 N–H and O–H groups in total. The molecule has 4 aromatic heterocycles. The molecule has 5 heterocycles. The molecule has 0 saturated carbocycles. The van der Waals surface area contributed by atoms with E-state index in [1.54, 1.807) is 27.8 Å². The molecule has 4 aromatic rings. The van der Waals surface area contributed by atoms with Gasteiger partial charge in [0.1, 0.15) is 23.0 Å². The maximum absolute atomic E-state index is 12.9. The highest BCUT2D eigenvalue weighted by Gasteiger charge is 2.40. The number of piperidine rings is 1. The Morgan fingerprint density at radius 3 is 2.51 bits per heavy atom. The van der Waals surface area contributed by atoms with Crippen molar-refractivity contribution in [2.75, 3.05) is 18.0 Å². The summed E-state index contributed by atoms with van der Waals surface area (Å²) in [5.41, 5.74) is 3.79. The van der Waals surface area contributed by atoms with Gasteiger partial charge in [0.25, 0.3) is 0 Å². The van der Waals surface area contributed by atoms with Crippen LogP contribution in [0.3, 0.4) is 0 Å². The molecule has 0 spiro atoms. The third kappa shape index (κ3) is 4.53. The van der Waals surface area contributed by atoms with Gasteiger partial charge in [-0.1, -0.05) is 6.92 Å². The van der Waals surface area contributed by atoms with Crippen LogP contribution in [0, 0.1) is 16.7 Å². The van der Waals surface area contributed by atoms with Crippen LogP contribution in [0.4, 0.5) is 5.82 Å². The number of nitriles is 1. The average molecular weight is 498 g/mol. The molecule has 0 radical (unpaired) electrons. The summed E-state index contributed by atoms with van der Waals surface area (Å²) in [7, 11) is 1.86. The third-order valence-corrected chi connectivity index (χ3v) is 7.26. The van der Waals surface area contributed by atoms with Crippen molar-refractivity contribution in [2.24, 2.45) is 12.5 Å². The zero-order valence-electron chi connectivity index (χ0n) is 21.6. The first-order valence-corrected chi connectivity index (χ1v) is 12.6. The number of amides is 1. The van der Waals surface area contributed by atoms with Crippen molar-refractivity contribution in [3.8, 4) is 28.6 Å². The monoisotopic (exact) mass is 497 g/mol. The second-order valence-electron chi connectivity index (χ2n) is 9.99. The molecular formula is C27H31N9O. The van der Waals surface area contributed by atoms with Gasteiger partial charge in [-0.3, -0.25) is 9.48 Å². The number of rotatable bonds is 6. The summed E-state index contributed by atoms with van der Waals surface area (Å²) in [6, 6.07) is 6.33. The molecule has 10 nitrogen and oxygen atoms in total. The highest BCUT2D eigenvalue weighted by Crippen LogP contribution is 2.37. The average Bonchev–Trinajstić information content (AvgIpc) is 3.54. The summed E-state index contributed by atoms with van der Waals surface area (Å²) < 4.78 is 3.41. The van der Waals surface area contributed by atoms with Gasteiger partial charge in [-0.25, -0.2) is 14.5 Å². The normalized spacial score (nSPS) is 15.2. The van der Waals surface area contributed by atoms with E-state index in [0.717, 1.165) is 49.3 Å². The number of hydrogen-bond acceptors (Lipinski definition) is 7. The molecule has 0 unspecified atom stereocenters. The van der Waals surface area contributed by atoms with Crippen LogP contribution in [0.25, 0.3) is 28.0 Å². The van der Waals surface area contributed by atoms with Gasteiger partial charge in [-0.15, -0.1) is 0 Å². The molecule has 1 aliphatic rings. The molecule has 37 heavy (non-hydrogen) atoms. The third-order valence-electron chi connectivity index (χ3n) is 7.26. The zero-order chi connectivity index (χ0) is 26.2. The van der Waals surface area contributed by atoms with Gasteiger partial charge in [0, 0.05) is 49.7 Å². The van der Waals surface area contributed by atoms with Crippen LogP contribution in [-0.4, -0.2) is 54.4 Å². The fourth-order valence-electron chi connectivity index (χ4n) is 5.02. The summed E-state index contributed by atoms with van der Waals surface area (Å²) in [6.07, 6.45) is 11.2. The lowest BCUT2D eigenvalue weighted by molar-refractivity contribution is -0.133. The number of anilines is 1. The Bertz CT molecular complexity index is 1470. The fourth-order valence-corrected chi connectivity index (χ4v) is 5.02. The Balaban J connectivity index is 1.43.